The molecule has 3 nitrogen and oxygen atoms in total. The van der Waals surface area contributed by atoms with Crippen LogP contribution in [-0.2, 0) is 11.9 Å². The first-order chi connectivity index (χ1) is 9.19. The van der Waals surface area contributed by atoms with Crippen molar-refractivity contribution in [1.29, 1.82) is 0 Å². The summed E-state index contributed by atoms with van der Waals surface area (Å²) in [6, 6.07) is 13.5. The monoisotopic (exact) mass is 318 g/mol. The quantitative estimate of drug-likeness (QED) is 0.879. The minimum Gasteiger partial charge on any atom is -0.347 e. The molecule has 1 aromatic carbocycles. The predicted octanol–water partition coefficient (Wildman–Crippen LogP) is 3.21. The first-order valence-corrected chi connectivity index (χ1v) is 7.17. The summed E-state index contributed by atoms with van der Waals surface area (Å²) < 4.78 is 0. The van der Waals surface area contributed by atoms with Crippen LogP contribution < -0.4 is 5.32 Å². The number of alkyl halides is 1. The number of nitrogens with one attached hydrogen (secondary N) is 1. The molecule has 19 heavy (non-hydrogen) atoms. The van der Waals surface area contributed by atoms with Gasteiger partial charge in [0.1, 0.15) is 5.69 Å². The lowest BCUT2D eigenvalue weighted by Crippen LogP contribution is -2.23. The molecule has 4 heteroatoms. The zero-order valence-corrected chi connectivity index (χ0v) is 12.3. The molecule has 1 heterocycles. The number of benzene rings is 1. The fourth-order valence-corrected chi connectivity index (χ4v) is 2.06. The Morgan fingerprint density at radius 2 is 1.84 bits per heavy atom. The Balaban J connectivity index is 1.96. The van der Waals surface area contributed by atoms with Crippen molar-refractivity contribution in [3.8, 4) is 0 Å². The molecule has 0 bridgehead atoms. The van der Waals surface area contributed by atoms with Gasteiger partial charge in [-0.05, 0) is 30.2 Å². The normalized spacial score (nSPS) is 10.2. The van der Waals surface area contributed by atoms with E-state index < -0.39 is 0 Å². The van der Waals surface area contributed by atoms with E-state index in [-0.39, 0.29) is 5.91 Å². The second-order valence-electron chi connectivity index (χ2n) is 4.30. The Bertz CT molecular complexity index is 567. The minimum absolute atomic E-state index is 0.145. The Hall–Kier alpha value is -1.68. The van der Waals surface area contributed by atoms with E-state index in [1.165, 1.54) is 5.56 Å². The van der Waals surface area contributed by atoms with E-state index in [0.29, 0.717) is 12.2 Å². The van der Waals surface area contributed by atoms with E-state index in [9.17, 15) is 4.79 Å². The van der Waals surface area contributed by atoms with Gasteiger partial charge in [-0.25, -0.2) is 4.98 Å². The van der Waals surface area contributed by atoms with Crippen molar-refractivity contribution in [2.24, 2.45) is 0 Å². The van der Waals surface area contributed by atoms with Gasteiger partial charge in [0.2, 0.25) is 0 Å². The average molecular weight is 319 g/mol. The molecular formula is C15H15BrN2O. The van der Waals surface area contributed by atoms with Gasteiger partial charge < -0.3 is 5.32 Å². The molecule has 0 unspecified atom stereocenters. The molecule has 0 aliphatic heterocycles. The van der Waals surface area contributed by atoms with Crippen LogP contribution in [0.5, 0.6) is 0 Å². The van der Waals surface area contributed by atoms with Crippen LogP contribution >= 0.6 is 15.9 Å². The molecule has 0 radical (unpaired) electrons. The van der Waals surface area contributed by atoms with Crippen molar-refractivity contribution < 1.29 is 4.79 Å². The summed E-state index contributed by atoms with van der Waals surface area (Å²) in [5.74, 6) is -0.145. The number of aryl methyl sites for hydroxylation is 1. The van der Waals surface area contributed by atoms with Gasteiger partial charge in [0.05, 0.1) is 0 Å². The topological polar surface area (TPSA) is 42.0 Å². The first-order valence-electron chi connectivity index (χ1n) is 6.04. The van der Waals surface area contributed by atoms with Crippen LogP contribution in [0.25, 0.3) is 0 Å². The van der Waals surface area contributed by atoms with Crippen molar-refractivity contribution in [3.05, 3.63) is 65.0 Å². The maximum absolute atomic E-state index is 11.9. The molecule has 2 aromatic rings. The van der Waals surface area contributed by atoms with E-state index in [1.807, 2.05) is 43.3 Å². The summed E-state index contributed by atoms with van der Waals surface area (Å²) >= 11 is 3.40. The smallest absolute Gasteiger partial charge is 0.270 e. The SMILES string of the molecule is Cc1cccc(C(=O)NCc2ccc(CBr)cc2)n1. The van der Waals surface area contributed by atoms with Crippen LogP contribution in [0.15, 0.2) is 42.5 Å². The van der Waals surface area contributed by atoms with Crippen LogP contribution in [0.2, 0.25) is 0 Å². The maximum atomic E-state index is 11.9. The summed E-state index contributed by atoms with van der Waals surface area (Å²) in [6.45, 7) is 2.38. The fraction of sp³-hybridized carbons (Fsp3) is 0.200. The largest absolute Gasteiger partial charge is 0.347 e. The van der Waals surface area contributed by atoms with Gasteiger partial charge in [0, 0.05) is 17.6 Å². The number of pyridine rings is 1. The van der Waals surface area contributed by atoms with Crippen molar-refractivity contribution in [2.45, 2.75) is 18.8 Å². The van der Waals surface area contributed by atoms with Crippen molar-refractivity contribution in [3.63, 3.8) is 0 Å². The van der Waals surface area contributed by atoms with Gasteiger partial charge in [-0.3, -0.25) is 4.79 Å². The third kappa shape index (κ3) is 3.89. The molecule has 0 spiro atoms. The number of carbonyl (C=O) groups excluding carboxylic acids is 1. The van der Waals surface area contributed by atoms with Crippen LogP contribution in [-0.4, -0.2) is 10.9 Å². The molecule has 0 saturated carbocycles. The number of aromatic nitrogens is 1. The number of nitrogens with zero attached hydrogens (tertiary/aromatic N) is 1. The number of carbonyl (C=O) groups is 1. The Labute approximate surface area is 121 Å². The summed E-state index contributed by atoms with van der Waals surface area (Å²) in [5, 5.41) is 3.71. The van der Waals surface area contributed by atoms with Crippen LogP contribution in [0, 0.1) is 6.92 Å². The van der Waals surface area contributed by atoms with Gasteiger partial charge in [-0.15, -0.1) is 0 Å². The van der Waals surface area contributed by atoms with Crippen LogP contribution in [0.1, 0.15) is 27.3 Å². The van der Waals surface area contributed by atoms with Crippen molar-refractivity contribution in [2.75, 3.05) is 0 Å². The third-order valence-corrected chi connectivity index (χ3v) is 3.40. The highest BCUT2D eigenvalue weighted by Crippen LogP contribution is 2.08. The molecule has 0 saturated heterocycles. The highest BCUT2D eigenvalue weighted by atomic mass is 79.9. The predicted molar refractivity (Wildman–Crippen MR) is 79.2 cm³/mol. The van der Waals surface area contributed by atoms with Gasteiger partial charge in [0.25, 0.3) is 5.91 Å². The maximum Gasteiger partial charge on any atom is 0.270 e. The number of halogens is 1. The molecule has 1 N–H and O–H groups in total. The van der Waals surface area contributed by atoms with Crippen LogP contribution in [0.4, 0.5) is 0 Å². The Kier molecular flexibility index (Phi) is 4.68. The third-order valence-electron chi connectivity index (χ3n) is 2.75. The number of rotatable bonds is 4. The Morgan fingerprint density at radius 3 is 2.47 bits per heavy atom. The molecule has 98 valence electrons. The lowest BCUT2D eigenvalue weighted by atomic mass is 10.1. The Morgan fingerprint density at radius 1 is 1.16 bits per heavy atom. The molecule has 0 atom stereocenters. The van der Waals surface area contributed by atoms with Gasteiger partial charge >= 0.3 is 0 Å². The summed E-state index contributed by atoms with van der Waals surface area (Å²) in [5.41, 5.74) is 3.59. The average Bonchev–Trinajstić information content (AvgIpc) is 2.45. The highest BCUT2D eigenvalue weighted by Gasteiger charge is 2.06. The summed E-state index contributed by atoms with van der Waals surface area (Å²) in [6.07, 6.45) is 0. The molecule has 0 aliphatic carbocycles. The van der Waals surface area contributed by atoms with E-state index >= 15 is 0 Å². The fourth-order valence-electron chi connectivity index (χ4n) is 1.69. The zero-order chi connectivity index (χ0) is 13.7. The molecule has 0 aliphatic rings. The first kappa shape index (κ1) is 13.7. The minimum atomic E-state index is -0.145. The van der Waals surface area contributed by atoms with E-state index in [4.69, 9.17) is 0 Å². The molecule has 1 amide bonds. The van der Waals surface area contributed by atoms with Gasteiger partial charge in [-0.2, -0.15) is 0 Å². The van der Waals surface area contributed by atoms with Crippen molar-refractivity contribution >= 4 is 21.8 Å². The molecule has 1 aromatic heterocycles. The summed E-state index contributed by atoms with van der Waals surface area (Å²) in [4.78, 5) is 16.1. The summed E-state index contributed by atoms with van der Waals surface area (Å²) in [7, 11) is 0. The lowest BCUT2D eigenvalue weighted by Gasteiger charge is -2.06. The molecule has 2 rings (SSSR count). The van der Waals surface area contributed by atoms with Gasteiger partial charge in [0.15, 0.2) is 0 Å². The van der Waals surface area contributed by atoms with E-state index in [2.05, 4.69) is 26.2 Å². The second kappa shape index (κ2) is 6.48. The molecular weight excluding hydrogens is 304 g/mol. The van der Waals surface area contributed by atoms with Gasteiger partial charge in [-0.1, -0.05) is 46.3 Å². The zero-order valence-electron chi connectivity index (χ0n) is 10.7. The molecule has 0 fully saturated rings. The standard InChI is InChI=1S/C15H15BrN2O/c1-11-3-2-4-14(18-11)15(19)17-10-13-7-5-12(9-16)6-8-13/h2-8H,9-10H2,1H3,(H,17,19). The highest BCUT2D eigenvalue weighted by molar-refractivity contribution is 9.08. The van der Waals surface area contributed by atoms with Crippen LogP contribution in [0.3, 0.4) is 0 Å². The van der Waals surface area contributed by atoms with Crippen molar-refractivity contribution in [1.82, 2.24) is 10.3 Å². The number of hydrogen-bond acceptors (Lipinski definition) is 2. The number of amides is 1. The van der Waals surface area contributed by atoms with E-state index in [0.717, 1.165) is 16.6 Å². The second-order valence-corrected chi connectivity index (χ2v) is 4.86. The van der Waals surface area contributed by atoms with E-state index in [1.54, 1.807) is 6.07 Å². The number of hydrogen-bond donors (Lipinski definition) is 1. The lowest BCUT2D eigenvalue weighted by molar-refractivity contribution is 0.0945.